The standard InChI is InChI=1S/C10H11BrFNO2/c1-10(2,13)7-8(12)5(11)3-6-9(7)15-4-14-6/h3H,4,13H2,1-2H3. The van der Waals surface area contributed by atoms with Crippen molar-refractivity contribution in [2.75, 3.05) is 6.79 Å². The molecule has 2 N–H and O–H groups in total. The SMILES string of the molecule is CC(C)(N)c1c(F)c(Br)cc2c1OCO2. The number of hydrogen-bond acceptors (Lipinski definition) is 3. The Morgan fingerprint density at radius 1 is 1.47 bits per heavy atom. The number of ether oxygens (including phenoxy) is 2. The summed E-state index contributed by atoms with van der Waals surface area (Å²) in [6.45, 7) is 3.55. The average Bonchev–Trinajstić information content (AvgIpc) is 2.50. The first-order chi connectivity index (χ1) is 6.91. The molecule has 1 aromatic rings. The highest BCUT2D eigenvalue weighted by Crippen LogP contribution is 2.44. The molecule has 0 aromatic heterocycles. The molecule has 0 amide bonds. The predicted molar refractivity (Wildman–Crippen MR) is 57.4 cm³/mol. The van der Waals surface area contributed by atoms with Gasteiger partial charge in [-0.05, 0) is 29.8 Å². The Labute approximate surface area is 95.5 Å². The molecule has 0 aliphatic carbocycles. The minimum absolute atomic E-state index is 0.105. The van der Waals surface area contributed by atoms with Crippen LogP contribution >= 0.6 is 15.9 Å². The van der Waals surface area contributed by atoms with Crippen molar-refractivity contribution in [3.63, 3.8) is 0 Å². The highest BCUT2D eigenvalue weighted by atomic mass is 79.9. The third-order valence-electron chi connectivity index (χ3n) is 2.20. The summed E-state index contributed by atoms with van der Waals surface area (Å²) in [6, 6.07) is 1.55. The van der Waals surface area contributed by atoms with E-state index in [9.17, 15) is 4.39 Å². The minimum atomic E-state index is -0.814. The van der Waals surface area contributed by atoms with Crippen molar-refractivity contribution in [3.8, 4) is 11.5 Å². The molecule has 5 heteroatoms. The lowest BCUT2D eigenvalue weighted by Crippen LogP contribution is -2.30. The van der Waals surface area contributed by atoms with Crippen LogP contribution in [0.2, 0.25) is 0 Å². The highest BCUT2D eigenvalue weighted by Gasteiger charge is 2.31. The second-order valence-corrected chi connectivity index (χ2v) is 4.86. The first-order valence-electron chi connectivity index (χ1n) is 4.48. The molecule has 0 saturated carbocycles. The van der Waals surface area contributed by atoms with Crippen molar-refractivity contribution in [2.45, 2.75) is 19.4 Å². The van der Waals surface area contributed by atoms with Gasteiger partial charge in [-0.3, -0.25) is 0 Å². The van der Waals surface area contributed by atoms with Gasteiger partial charge in [-0.1, -0.05) is 0 Å². The van der Waals surface area contributed by atoms with E-state index in [1.165, 1.54) is 0 Å². The fourth-order valence-electron chi connectivity index (χ4n) is 1.56. The summed E-state index contributed by atoms with van der Waals surface area (Å²) in [6.07, 6.45) is 0. The lowest BCUT2D eigenvalue weighted by atomic mass is 9.94. The van der Waals surface area contributed by atoms with Gasteiger partial charge in [-0.25, -0.2) is 4.39 Å². The first kappa shape index (κ1) is 10.7. The second kappa shape index (κ2) is 3.35. The van der Waals surface area contributed by atoms with E-state index >= 15 is 0 Å². The largest absolute Gasteiger partial charge is 0.454 e. The van der Waals surface area contributed by atoms with Gasteiger partial charge in [0.1, 0.15) is 5.82 Å². The third-order valence-corrected chi connectivity index (χ3v) is 2.78. The van der Waals surface area contributed by atoms with Crippen molar-refractivity contribution in [1.82, 2.24) is 0 Å². The van der Waals surface area contributed by atoms with Crippen LogP contribution in [0.5, 0.6) is 11.5 Å². The van der Waals surface area contributed by atoms with Gasteiger partial charge in [0.15, 0.2) is 11.5 Å². The van der Waals surface area contributed by atoms with Crippen LogP contribution in [-0.2, 0) is 5.54 Å². The minimum Gasteiger partial charge on any atom is -0.454 e. The van der Waals surface area contributed by atoms with Crippen molar-refractivity contribution in [2.24, 2.45) is 5.73 Å². The molecule has 1 aromatic carbocycles. The molecular formula is C10H11BrFNO2. The molecule has 0 fully saturated rings. The van der Waals surface area contributed by atoms with Crippen LogP contribution < -0.4 is 15.2 Å². The van der Waals surface area contributed by atoms with E-state index in [2.05, 4.69) is 15.9 Å². The Morgan fingerprint density at radius 2 is 2.13 bits per heavy atom. The van der Waals surface area contributed by atoms with Crippen LogP contribution in [0.15, 0.2) is 10.5 Å². The molecule has 0 spiro atoms. The van der Waals surface area contributed by atoms with Gasteiger partial charge >= 0.3 is 0 Å². The van der Waals surface area contributed by atoms with Gasteiger partial charge in [0.2, 0.25) is 6.79 Å². The number of benzene rings is 1. The topological polar surface area (TPSA) is 44.5 Å². The molecular weight excluding hydrogens is 265 g/mol. The monoisotopic (exact) mass is 275 g/mol. The summed E-state index contributed by atoms with van der Waals surface area (Å²) in [5, 5.41) is 0. The van der Waals surface area contributed by atoms with Gasteiger partial charge in [-0.2, -0.15) is 0 Å². The normalized spacial score (nSPS) is 14.5. The van der Waals surface area contributed by atoms with Crippen LogP contribution in [-0.4, -0.2) is 6.79 Å². The lowest BCUT2D eigenvalue weighted by molar-refractivity contribution is 0.172. The van der Waals surface area contributed by atoms with Gasteiger partial charge in [0.05, 0.1) is 10.0 Å². The summed E-state index contributed by atoms with van der Waals surface area (Å²) < 4.78 is 24.6. The molecule has 0 atom stereocenters. The molecule has 0 bridgehead atoms. The Hall–Kier alpha value is -0.810. The number of hydrogen-bond donors (Lipinski definition) is 1. The maximum absolute atomic E-state index is 13.9. The third kappa shape index (κ3) is 1.70. The Balaban J connectivity index is 2.71. The molecule has 2 rings (SSSR count). The van der Waals surface area contributed by atoms with E-state index in [-0.39, 0.29) is 6.79 Å². The molecule has 1 heterocycles. The zero-order valence-electron chi connectivity index (χ0n) is 8.43. The van der Waals surface area contributed by atoms with Crippen LogP contribution in [0, 0.1) is 5.82 Å². The summed E-state index contributed by atoms with van der Waals surface area (Å²) in [7, 11) is 0. The van der Waals surface area contributed by atoms with E-state index in [0.29, 0.717) is 21.5 Å². The van der Waals surface area contributed by atoms with Crippen LogP contribution in [0.3, 0.4) is 0 Å². The number of halogens is 2. The highest BCUT2D eigenvalue weighted by molar-refractivity contribution is 9.10. The molecule has 3 nitrogen and oxygen atoms in total. The van der Waals surface area contributed by atoms with Crippen LogP contribution in [0.1, 0.15) is 19.4 Å². The maximum Gasteiger partial charge on any atom is 0.231 e. The van der Waals surface area contributed by atoms with Crippen LogP contribution in [0.25, 0.3) is 0 Å². The summed E-state index contributed by atoms with van der Waals surface area (Å²) in [4.78, 5) is 0. The Kier molecular flexibility index (Phi) is 2.39. The average molecular weight is 276 g/mol. The molecule has 0 saturated heterocycles. The summed E-state index contributed by atoms with van der Waals surface area (Å²) in [5.74, 6) is 0.534. The molecule has 1 aliphatic rings. The zero-order chi connectivity index (χ0) is 11.2. The smallest absolute Gasteiger partial charge is 0.231 e. The van der Waals surface area contributed by atoms with E-state index in [4.69, 9.17) is 15.2 Å². The fraction of sp³-hybridized carbons (Fsp3) is 0.400. The first-order valence-corrected chi connectivity index (χ1v) is 5.27. The van der Waals surface area contributed by atoms with Crippen LogP contribution in [0.4, 0.5) is 4.39 Å². The summed E-state index contributed by atoms with van der Waals surface area (Å²) >= 11 is 3.13. The van der Waals surface area contributed by atoms with Crippen molar-refractivity contribution < 1.29 is 13.9 Å². The molecule has 15 heavy (non-hydrogen) atoms. The van der Waals surface area contributed by atoms with E-state index in [1.807, 2.05) is 0 Å². The molecule has 82 valence electrons. The number of rotatable bonds is 1. The van der Waals surface area contributed by atoms with Crippen molar-refractivity contribution in [1.29, 1.82) is 0 Å². The predicted octanol–water partition coefficient (Wildman–Crippen LogP) is 2.51. The Bertz CT molecular complexity index is 415. The number of fused-ring (bicyclic) bond motifs is 1. The molecule has 1 aliphatic heterocycles. The van der Waals surface area contributed by atoms with Gasteiger partial charge in [0.25, 0.3) is 0 Å². The molecule has 0 unspecified atom stereocenters. The van der Waals surface area contributed by atoms with Gasteiger partial charge in [-0.15, -0.1) is 0 Å². The van der Waals surface area contributed by atoms with Gasteiger partial charge in [0, 0.05) is 11.6 Å². The van der Waals surface area contributed by atoms with E-state index in [0.717, 1.165) is 0 Å². The lowest BCUT2D eigenvalue weighted by Gasteiger charge is -2.22. The summed E-state index contributed by atoms with van der Waals surface area (Å²) in [5.41, 5.74) is 5.43. The number of nitrogens with two attached hydrogens (primary N) is 1. The Morgan fingerprint density at radius 3 is 2.73 bits per heavy atom. The van der Waals surface area contributed by atoms with E-state index in [1.54, 1.807) is 19.9 Å². The maximum atomic E-state index is 13.9. The van der Waals surface area contributed by atoms with Gasteiger partial charge < -0.3 is 15.2 Å². The zero-order valence-corrected chi connectivity index (χ0v) is 10.0. The molecule has 0 radical (unpaired) electrons. The second-order valence-electron chi connectivity index (χ2n) is 4.00. The fourth-order valence-corrected chi connectivity index (χ4v) is 1.97. The van der Waals surface area contributed by atoms with E-state index < -0.39 is 11.4 Å². The van der Waals surface area contributed by atoms with Crippen molar-refractivity contribution in [3.05, 3.63) is 21.9 Å². The quantitative estimate of drug-likeness (QED) is 0.857. The van der Waals surface area contributed by atoms with Crippen molar-refractivity contribution >= 4 is 15.9 Å².